The first-order chi connectivity index (χ1) is 8.19. The van der Waals surface area contributed by atoms with Gasteiger partial charge in [0.25, 0.3) is 0 Å². The van der Waals surface area contributed by atoms with E-state index in [1.807, 2.05) is 24.6 Å². The Kier molecular flexibility index (Phi) is 1.93. The Hall–Kier alpha value is -0.692. The van der Waals surface area contributed by atoms with E-state index in [9.17, 15) is 0 Å². The van der Waals surface area contributed by atoms with E-state index in [0.717, 1.165) is 11.4 Å². The number of rotatable bonds is 0. The van der Waals surface area contributed by atoms with Gasteiger partial charge >= 0.3 is 111 Å². The van der Waals surface area contributed by atoms with Crippen molar-refractivity contribution < 1.29 is 14.5 Å². The number of benzene rings is 1. The summed E-state index contributed by atoms with van der Waals surface area (Å²) in [7, 11) is 13.3. The molecule has 0 radical (unpaired) electrons. The summed E-state index contributed by atoms with van der Waals surface area (Å²) in [5.41, 5.74) is 2.32. The molecule has 0 atom stereocenters. The van der Waals surface area contributed by atoms with Crippen LogP contribution in [0.25, 0.3) is 12.2 Å². The van der Waals surface area contributed by atoms with Gasteiger partial charge in [-0.2, -0.15) is 0 Å². The Bertz CT molecular complexity index is 647. The van der Waals surface area contributed by atoms with E-state index in [0.29, 0.717) is 0 Å². The summed E-state index contributed by atoms with van der Waals surface area (Å²) in [5.74, 6) is 0. The van der Waals surface area contributed by atoms with Crippen LogP contribution in [0, 0.1) is 0 Å². The summed E-state index contributed by atoms with van der Waals surface area (Å²) in [6, 6.07) is 4.24. The molecule has 1 aromatic rings. The third-order valence-electron chi connectivity index (χ3n) is 2.95. The zero-order chi connectivity index (χ0) is 11.6. The van der Waals surface area contributed by atoms with Crippen LogP contribution in [0.1, 0.15) is 0 Å². The van der Waals surface area contributed by atoms with Crippen molar-refractivity contribution in [3.8, 4) is 0 Å². The van der Waals surface area contributed by atoms with Crippen LogP contribution in [0.2, 0.25) is 0 Å². The molecule has 2 nitrogen and oxygen atoms in total. The number of hydrogen-bond acceptors (Lipinski definition) is 2. The standard InChI is InChI=1S/C12H8N2.2ClH.Pt/c1-3-9-5-6-10-4-2-8-14-12(10)11(9)13-7-1;;;/h1-8H;2*1H;/q-2;;;+4/p-2. The van der Waals surface area contributed by atoms with Crippen LogP contribution >= 0.6 is 18.8 Å². The van der Waals surface area contributed by atoms with E-state index in [-0.39, 0.29) is 0 Å². The molecule has 4 rings (SSSR count). The fraction of sp³-hybridized carbons (Fsp3) is 0. The Balaban J connectivity index is 2.22. The molecule has 3 aliphatic heterocycles. The zero-order valence-corrected chi connectivity index (χ0v) is 12.4. The summed E-state index contributed by atoms with van der Waals surface area (Å²) in [6.07, 6.45) is 12.2. The molecule has 0 saturated heterocycles. The molecule has 0 unspecified atom stereocenters. The molecule has 3 aliphatic rings. The van der Waals surface area contributed by atoms with E-state index in [4.69, 9.17) is 18.8 Å². The van der Waals surface area contributed by atoms with Gasteiger partial charge in [0.1, 0.15) is 0 Å². The average molecular weight is 446 g/mol. The van der Waals surface area contributed by atoms with Crippen molar-refractivity contribution in [1.29, 1.82) is 0 Å². The van der Waals surface area contributed by atoms with Crippen molar-refractivity contribution in [2.75, 3.05) is 6.92 Å². The van der Waals surface area contributed by atoms with Crippen molar-refractivity contribution in [3.05, 3.63) is 47.1 Å². The third-order valence-corrected chi connectivity index (χ3v) is 11.0. The first kappa shape index (κ1) is 10.3. The molecule has 0 N–H and O–H groups in total. The predicted molar refractivity (Wildman–Crippen MR) is 69.6 cm³/mol. The average Bonchev–Trinajstić information content (AvgIpc) is 2.59. The molecule has 0 aliphatic carbocycles. The molecule has 90 valence electrons. The monoisotopic (exact) mass is 445 g/mol. The number of allylic oxidation sites excluding steroid dienone is 2. The number of nitrogens with zero attached hydrogens (tertiary/aromatic N) is 2. The fourth-order valence-corrected chi connectivity index (χ4v) is 9.18. The van der Waals surface area contributed by atoms with Crippen molar-refractivity contribution >= 4 is 42.4 Å². The van der Waals surface area contributed by atoms with Crippen molar-refractivity contribution in [1.82, 2.24) is 0 Å². The molecular formula is C12H8Cl2N2Pt. The van der Waals surface area contributed by atoms with E-state index in [1.165, 1.54) is 10.4 Å². The molecule has 3 heterocycles. The van der Waals surface area contributed by atoms with Crippen LogP contribution in [-0.2, 0) is 14.5 Å². The number of hydrogen-bond donors (Lipinski definition) is 0. The molecule has 17 heavy (non-hydrogen) atoms. The maximum absolute atomic E-state index is 6.64. The minimum absolute atomic E-state index is 1.16. The van der Waals surface area contributed by atoms with Crippen LogP contribution < -0.4 is 17.4 Å². The second-order valence-electron chi connectivity index (χ2n) is 3.84. The van der Waals surface area contributed by atoms with Crippen LogP contribution in [0.5, 0.6) is 0 Å². The molecule has 0 spiro atoms. The van der Waals surface area contributed by atoms with Crippen LogP contribution in [0.15, 0.2) is 36.7 Å². The van der Waals surface area contributed by atoms with Gasteiger partial charge in [-0.25, -0.2) is 0 Å². The molecule has 0 amide bonds. The number of anilines is 2. The maximum atomic E-state index is 6.64. The van der Waals surface area contributed by atoms with Crippen LogP contribution in [0.4, 0.5) is 11.4 Å². The van der Waals surface area contributed by atoms with Gasteiger partial charge in [0, 0.05) is 0 Å². The Morgan fingerprint density at radius 3 is 1.76 bits per heavy atom. The van der Waals surface area contributed by atoms with Crippen molar-refractivity contribution in [3.63, 3.8) is 0 Å². The normalized spacial score (nSPS) is 22.9. The van der Waals surface area contributed by atoms with Gasteiger partial charge in [0.05, 0.1) is 0 Å². The van der Waals surface area contributed by atoms with Gasteiger partial charge < -0.3 is 0 Å². The van der Waals surface area contributed by atoms with Crippen molar-refractivity contribution in [2.24, 2.45) is 0 Å². The predicted octanol–water partition coefficient (Wildman–Crippen LogP) is 2.22. The van der Waals surface area contributed by atoms with E-state index in [2.05, 4.69) is 31.2 Å². The van der Waals surface area contributed by atoms with E-state index in [1.54, 1.807) is 0 Å². The molecule has 0 bridgehead atoms. The topological polar surface area (TPSA) is 6.48 Å². The molecule has 1 aromatic carbocycles. The second-order valence-corrected chi connectivity index (χ2v) is 14.8. The van der Waals surface area contributed by atoms with Crippen LogP contribution in [0.3, 0.4) is 0 Å². The summed E-state index contributed by atoms with van der Waals surface area (Å²) in [6.45, 7) is 0. The first-order valence-corrected chi connectivity index (χ1v) is 12.7. The summed E-state index contributed by atoms with van der Waals surface area (Å²) >= 11 is -3.14. The molecule has 5 heteroatoms. The Labute approximate surface area is 110 Å². The van der Waals surface area contributed by atoms with Gasteiger partial charge in [-0.15, -0.1) is 0 Å². The molecule has 0 aromatic heterocycles. The molecule has 0 fully saturated rings. The van der Waals surface area contributed by atoms with E-state index < -0.39 is 14.5 Å². The SMILES string of the molecule is [Cl][Pt]1([Cl])[N]2C=CC=c3ccc4c(c32)[N]1C=CC=4. The fourth-order valence-electron chi connectivity index (χ4n) is 2.24. The summed E-state index contributed by atoms with van der Waals surface area (Å²) in [4.78, 5) is 0. The Morgan fingerprint density at radius 2 is 1.29 bits per heavy atom. The third kappa shape index (κ3) is 1.16. The molecular weight excluding hydrogens is 438 g/mol. The van der Waals surface area contributed by atoms with Crippen molar-refractivity contribution in [2.45, 2.75) is 0 Å². The summed E-state index contributed by atoms with van der Waals surface area (Å²) < 4.78 is 4.15. The van der Waals surface area contributed by atoms with Gasteiger partial charge in [0.15, 0.2) is 0 Å². The zero-order valence-electron chi connectivity index (χ0n) is 8.59. The van der Waals surface area contributed by atoms with E-state index >= 15 is 0 Å². The number of halogens is 2. The molecule has 0 saturated carbocycles. The van der Waals surface area contributed by atoms with Gasteiger partial charge in [0.2, 0.25) is 0 Å². The quantitative estimate of drug-likeness (QED) is 0.604. The second kappa shape index (κ2) is 3.20. The minimum atomic E-state index is -3.14. The van der Waals surface area contributed by atoms with Gasteiger partial charge in [-0.3, -0.25) is 0 Å². The van der Waals surface area contributed by atoms with Gasteiger partial charge in [-0.1, -0.05) is 0 Å². The summed E-state index contributed by atoms with van der Waals surface area (Å²) in [5, 5.41) is 2.37. The van der Waals surface area contributed by atoms with Gasteiger partial charge in [-0.05, 0) is 0 Å². The Morgan fingerprint density at radius 1 is 0.824 bits per heavy atom. The van der Waals surface area contributed by atoms with Crippen LogP contribution in [-0.4, -0.2) is 0 Å². The first-order valence-electron chi connectivity index (χ1n) is 5.06.